The van der Waals surface area contributed by atoms with Crippen LogP contribution in [0.2, 0.25) is 0 Å². The first kappa shape index (κ1) is 18.2. The number of hydrogen-bond donors (Lipinski definition) is 1. The summed E-state index contributed by atoms with van der Waals surface area (Å²) in [6, 6.07) is 0. The Morgan fingerprint density at radius 2 is 1.25 bits per heavy atom. The monoisotopic (exact) mass is 416 g/mol. The number of hydrogen-bond acceptors (Lipinski definition) is 7. The van der Waals surface area contributed by atoms with Crippen LogP contribution >= 0.6 is 7.82 Å². The third-order valence-electron chi connectivity index (χ3n) is 0.175. The normalized spacial score (nSPS) is 8.58. The molecule has 1 N–H and O–H groups in total. The first-order valence-corrected chi connectivity index (χ1v) is 3.28. The van der Waals surface area contributed by atoms with Crippen molar-refractivity contribution >= 4 is 19.8 Å². The van der Waals surface area contributed by atoms with Gasteiger partial charge in [-0.2, -0.15) is 7.82 Å². The van der Waals surface area contributed by atoms with Gasteiger partial charge < -0.3 is 34.3 Å². The molecule has 0 aliphatic heterocycles. The van der Waals surface area contributed by atoms with Gasteiger partial charge in [0.25, 0.3) is 0 Å². The van der Waals surface area contributed by atoms with Gasteiger partial charge in [0.1, 0.15) is 0 Å². The van der Waals surface area contributed by atoms with Gasteiger partial charge in [-0.25, -0.2) is 4.79 Å². The third-order valence-corrected chi connectivity index (χ3v) is 0.175. The summed E-state index contributed by atoms with van der Waals surface area (Å²) in [6.07, 6.45) is 0. The van der Waals surface area contributed by atoms with Crippen molar-refractivity contribution in [1.29, 1.82) is 0 Å². The molecule has 0 fully saturated rings. The molecule has 0 aromatic carbocycles. The number of rotatable bonds is 0. The van der Waals surface area contributed by atoms with E-state index in [0.717, 1.165) is 0 Å². The average molecular weight is 416 g/mol. The number of carboxylic acids is 2. The van der Waals surface area contributed by atoms with Crippen molar-refractivity contribution < 1.29 is 79.0 Å². The minimum Gasteiger partial charge on any atom is -0.822 e. The Kier molecular flexibility index (Phi) is 12.1. The van der Waals surface area contributed by atoms with E-state index in [2.05, 4.69) is 0 Å². The molecule has 0 bridgehead atoms. The Hall–Kier alpha value is 0.375. The molecule has 66 valence electrons. The smallest absolute Gasteiger partial charge is 0.822 e. The minimum absolute atomic E-state index is 0. The van der Waals surface area contributed by atoms with E-state index in [1.54, 1.807) is 0 Å². The Balaban J connectivity index is -0.000000126. The van der Waals surface area contributed by atoms with Crippen LogP contribution < -0.4 is 19.8 Å². The second kappa shape index (κ2) is 8.00. The molecule has 0 spiro atoms. The topological polar surface area (TPSA) is 164 Å². The first-order chi connectivity index (χ1) is 4.64. The zero-order valence-electron chi connectivity index (χ0n) is 5.25. The summed E-state index contributed by atoms with van der Waals surface area (Å²) in [5, 5.41) is 16.3. The summed E-state index contributed by atoms with van der Waals surface area (Å²) in [6.45, 7) is 0. The summed E-state index contributed by atoms with van der Waals surface area (Å²) < 4.78 is 8.55. The van der Waals surface area contributed by atoms with Gasteiger partial charge in [-0.05, 0) is 0 Å². The fraction of sp³-hybridized carbons (Fsp3) is 0. The maximum Gasteiger partial charge on any atom is 4.00 e. The zero-order chi connectivity index (χ0) is 9.65. The van der Waals surface area contributed by atoms with E-state index in [4.69, 9.17) is 39.0 Å². The van der Waals surface area contributed by atoms with Crippen LogP contribution in [0.4, 0.5) is 0 Å². The second-order valence-corrected chi connectivity index (χ2v) is 1.93. The molecule has 0 aliphatic carbocycles. The van der Waals surface area contributed by atoms with Gasteiger partial charge in [0.2, 0.25) is 0 Å². The SMILES string of the molecule is O=C([O-])C(=O)O.O=P([O-])([O-])[O-].[Th+4]. The van der Waals surface area contributed by atoms with Gasteiger partial charge in [-0.3, -0.25) is 0 Å². The number of carbonyl (C=O) groups is 2. The molecule has 0 aliphatic rings. The van der Waals surface area contributed by atoms with Gasteiger partial charge in [0, 0.05) is 0 Å². The van der Waals surface area contributed by atoms with Crippen LogP contribution in [-0.2, 0) is 14.2 Å². The molecular formula is C2HO8PTh. The van der Waals surface area contributed by atoms with E-state index in [1.165, 1.54) is 0 Å². The van der Waals surface area contributed by atoms with Crippen LogP contribution in [0.25, 0.3) is 0 Å². The molecule has 0 heterocycles. The maximum absolute atomic E-state index is 9.04. The summed E-state index contributed by atoms with van der Waals surface area (Å²) in [5.74, 6) is -4.01. The van der Waals surface area contributed by atoms with Gasteiger partial charge in [-0.1, -0.05) is 0 Å². The molecular weight excluding hydrogens is 415 g/mol. The predicted octanol–water partition coefficient (Wildman–Crippen LogP) is -5.00. The minimum atomic E-state index is -5.39. The maximum atomic E-state index is 9.04. The summed E-state index contributed by atoms with van der Waals surface area (Å²) in [7, 11) is -5.39. The summed E-state index contributed by atoms with van der Waals surface area (Å²) >= 11 is 0. The Labute approximate surface area is 98.1 Å². The van der Waals surface area contributed by atoms with E-state index >= 15 is 0 Å². The van der Waals surface area contributed by atoms with Gasteiger partial charge >= 0.3 is 45.9 Å². The second-order valence-electron chi connectivity index (χ2n) is 1.04. The molecule has 0 rings (SSSR count). The van der Waals surface area contributed by atoms with E-state index in [-0.39, 0.29) is 39.9 Å². The van der Waals surface area contributed by atoms with Crippen molar-refractivity contribution in [3.8, 4) is 0 Å². The molecule has 0 aromatic rings. The van der Waals surface area contributed by atoms with Crippen LogP contribution in [-0.4, -0.2) is 17.0 Å². The van der Waals surface area contributed by atoms with Gasteiger partial charge in [0.05, 0.1) is 0 Å². The third kappa shape index (κ3) is 47.6. The van der Waals surface area contributed by atoms with E-state index in [9.17, 15) is 0 Å². The quantitative estimate of drug-likeness (QED) is 0.303. The largest absolute Gasteiger partial charge is 4.00 e. The van der Waals surface area contributed by atoms with Crippen molar-refractivity contribution in [2.75, 3.05) is 0 Å². The van der Waals surface area contributed by atoms with Crippen molar-refractivity contribution in [1.82, 2.24) is 0 Å². The summed E-state index contributed by atoms with van der Waals surface area (Å²) in [5.41, 5.74) is 0. The standard InChI is InChI=1S/C2H2O4.H3O4P.Th/c3-1(4)2(5)6;1-5(2,3)4;/h(H,3,4)(H,5,6);(H3,1,2,3,4);/q;;+4/p-4. The number of carbonyl (C=O) groups excluding carboxylic acids is 1. The molecule has 0 aromatic heterocycles. The fourth-order valence-corrected chi connectivity index (χ4v) is 0. The molecule has 10 heteroatoms. The Morgan fingerprint density at radius 3 is 1.25 bits per heavy atom. The molecule has 0 radical (unpaired) electrons. The van der Waals surface area contributed by atoms with E-state index in [0.29, 0.717) is 0 Å². The molecule has 12 heavy (non-hydrogen) atoms. The number of aliphatic carboxylic acids is 2. The number of phosphoric acid groups is 1. The average Bonchev–Trinajstić information content (AvgIpc) is 1.59. The van der Waals surface area contributed by atoms with Crippen LogP contribution in [0.5, 0.6) is 0 Å². The van der Waals surface area contributed by atoms with E-state index < -0.39 is 19.8 Å². The van der Waals surface area contributed by atoms with Crippen LogP contribution in [0.15, 0.2) is 0 Å². The van der Waals surface area contributed by atoms with Crippen molar-refractivity contribution in [3.05, 3.63) is 0 Å². The Morgan fingerprint density at radius 1 is 1.17 bits per heavy atom. The van der Waals surface area contributed by atoms with Gasteiger partial charge in [-0.15, -0.1) is 0 Å². The van der Waals surface area contributed by atoms with Crippen molar-refractivity contribution in [2.24, 2.45) is 0 Å². The van der Waals surface area contributed by atoms with Crippen LogP contribution in [0, 0.1) is 39.9 Å². The molecule has 0 saturated carbocycles. The predicted molar refractivity (Wildman–Crippen MR) is 20.2 cm³/mol. The molecule has 0 saturated heterocycles. The van der Waals surface area contributed by atoms with Crippen LogP contribution in [0.1, 0.15) is 0 Å². The molecule has 0 unspecified atom stereocenters. The Bertz CT molecular complexity index is 173. The first-order valence-electron chi connectivity index (χ1n) is 1.82. The molecule has 0 amide bonds. The zero-order valence-corrected chi connectivity index (χ0v) is 10.3. The number of carboxylic acid groups (broad SMARTS) is 2. The van der Waals surface area contributed by atoms with E-state index in [1.807, 2.05) is 0 Å². The fourth-order valence-electron chi connectivity index (χ4n) is 0. The van der Waals surface area contributed by atoms with Crippen LogP contribution in [0.3, 0.4) is 0 Å². The molecule has 8 nitrogen and oxygen atoms in total. The van der Waals surface area contributed by atoms with Crippen molar-refractivity contribution in [2.45, 2.75) is 0 Å². The molecule has 0 atom stereocenters. The van der Waals surface area contributed by atoms with Gasteiger partial charge in [0.15, 0.2) is 5.97 Å². The van der Waals surface area contributed by atoms with Crippen molar-refractivity contribution in [3.63, 3.8) is 0 Å². The summed E-state index contributed by atoms with van der Waals surface area (Å²) in [4.78, 5) is 43.7.